The molecule has 0 aromatic carbocycles. The number of nitrogens with zero attached hydrogens (tertiary/aromatic N) is 3. The van der Waals surface area contributed by atoms with E-state index in [1.165, 1.54) is 6.20 Å². The van der Waals surface area contributed by atoms with Crippen LogP contribution in [-0.4, -0.2) is 13.9 Å². The maximum Gasteiger partial charge on any atom is 0.306 e. The molecule has 0 aliphatic rings. The van der Waals surface area contributed by atoms with Gasteiger partial charge in [0.2, 0.25) is 5.75 Å². The number of pyridine rings is 1. The molecule has 0 amide bonds. The molecule has 2 rings (SSSR count). The van der Waals surface area contributed by atoms with Gasteiger partial charge >= 0.3 is 5.56 Å². The van der Waals surface area contributed by atoms with E-state index in [1.54, 1.807) is 25.3 Å². The van der Waals surface area contributed by atoms with Crippen LogP contribution in [0, 0.1) is 13.8 Å². The molecule has 0 saturated carbocycles. The van der Waals surface area contributed by atoms with Crippen molar-refractivity contribution in [3.05, 3.63) is 46.4 Å². The van der Waals surface area contributed by atoms with Gasteiger partial charge in [-0.15, -0.1) is 0 Å². The number of thiol groups is 1. The lowest BCUT2D eigenvalue weighted by Gasteiger charge is -2.06. The first-order chi connectivity index (χ1) is 8.08. The number of aryl methyl sites for hydroxylation is 2. The largest absolute Gasteiger partial charge is 0.448 e. The molecule has 6 heteroatoms. The van der Waals surface area contributed by atoms with Crippen LogP contribution in [0.4, 0.5) is 0 Å². The Morgan fingerprint density at radius 1 is 1.24 bits per heavy atom. The van der Waals surface area contributed by atoms with Crippen molar-refractivity contribution in [2.24, 2.45) is 0 Å². The van der Waals surface area contributed by atoms with Gasteiger partial charge in [0, 0.05) is 5.69 Å². The van der Waals surface area contributed by atoms with Crippen molar-refractivity contribution < 1.29 is 4.74 Å². The minimum absolute atomic E-state index is 0.122. The van der Waals surface area contributed by atoms with Crippen molar-refractivity contribution in [2.45, 2.75) is 13.8 Å². The van der Waals surface area contributed by atoms with E-state index in [9.17, 15) is 4.79 Å². The molecule has 5 nitrogen and oxygen atoms in total. The Bertz CT molecular complexity index is 593. The zero-order chi connectivity index (χ0) is 12.4. The van der Waals surface area contributed by atoms with Crippen molar-refractivity contribution >= 4 is 12.8 Å². The summed E-state index contributed by atoms with van der Waals surface area (Å²) >= 11 is 4.01. The van der Waals surface area contributed by atoms with Crippen molar-refractivity contribution in [3.63, 3.8) is 0 Å². The average Bonchev–Trinajstić information content (AvgIpc) is 2.33. The fourth-order valence-electron chi connectivity index (χ4n) is 1.22. The highest BCUT2D eigenvalue weighted by molar-refractivity contribution is 7.78. The Balaban J connectivity index is 2.34. The third kappa shape index (κ3) is 2.47. The molecular weight excluding hydrogens is 238 g/mol. The summed E-state index contributed by atoms with van der Waals surface area (Å²) in [5.41, 5.74) is 0.535. The highest BCUT2D eigenvalue weighted by Gasteiger charge is 2.07. The summed E-state index contributed by atoms with van der Waals surface area (Å²) in [5.74, 6) is 1.12. The van der Waals surface area contributed by atoms with Gasteiger partial charge in [-0.3, -0.25) is 9.78 Å². The van der Waals surface area contributed by atoms with E-state index >= 15 is 0 Å². The second kappa shape index (κ2) is 4.58. The molecule has 88 valence electrons. The summed E-state index contributed by atoms with van der Waals surface area (Å²) in [6.07, 6.45) is 2.93. The van der Waals surface area contributed by atoms with Gasteiger partial charge in [0.1, 0.15) is 11.6 Å². The van der Waals surface area contributed by atoms with Crippen LogP contribution in [0.2, 0.25) is 0 Å². The molecule has 0 fully saturated rings. The van der Waals surface area contributed by atoms with E-state index in [-0.39, 0.29) is 11.3 Å². The fraction of sp³-hybridized carbons (Fsp3) is 0.182. The average molecular weight is 249 g/mol. The minimum atomic E-state index is -0.346. The van der Waals surface area contributed by atoms with E-state index in [2.05, 4.69) is 22.8 Å². The number of hydrogen-bond donors (Lipinski definition) is 1. The van der Waals surface area contributed by atoms with Gasteiger partial charge in [0.25, 0.3) is 0 Å². The lowest BCUT2D eigenvalue weighted by Crippen LogP contribution is -2.17. The summed E-state index contributed by atoms with van der Waals surface area (Å²) in [5, 5.41) is 0. The van der Waals surface area contributed by atoms with Crippen molar-refractivity contribution in [1.82, 2.24) is 13.9 Å². The van der Waals surface area contributed by atoms with Crippen LogP contribution in [0.5, 0.6) is 11.5 Å². The first-order valence-corrected chi connectivity index (χ1v) is 5.36. The molecule has 0 spiro atoms. The molecule has 0 unspecified atom stereocenters. The quantitative estimate of drug-likeness (QED) is 0.824. The normalized spacial score (nSPS) is 10.3. The van der Waals surface area contributed by atoms with E-state index < -0.39 is 0 Å². The first kappa shape index (κ1) is 11.7. The molecule has 2 aromatic heterocycles. The Hall–Kier alpha value is -1.82. The van der Waals surface area contributed by atoms with Crippen LogP contribution in [0.1, 0.15) is 11.5 Å². The highest BCUT2D eigenvalue weighted by atomic mass is 32.1. The molecule has 0 bridgehead atoms. The molecule has 2 aromatic rings. The lowest BCUT2D eigenvalue weighted by molar-refractivity contribution is 0.467. The predicted octanol–water partition coefficient (Wildman–Crippen LogP) is 1.74. The van der Waals surface area contributed by atoms with E-state index in [4.69, 9.17) is 4.74 Å². The summed E-state index contributed by atoms with van der Waals surface area (Å²) in [6.45, 7) is 3.56. The molecule has 2 heterocycles. The number of hydrogen-bond acceptors (Lipinski definition) is 5. The van der Waals surface area contributed by atoms with Crippen molar-refractivity contribution in [2.75, 3.05) is 0 Å². The summed E-state index contributed by atoms with van der Waals surface area (Å²) in [7, 11) is 0. The van der Waals surface area contributed by atoms with Gasteiger partial charge < -0.3 is 4.74 Å². The molecule has 0 aliphatic carbocycles. The highest BCUT2D eigenvalue weighted by Crippen LogP contribution is 2.16. The Morgan fingerprint density at radius 2 is 2.00 bits per heavy atom. The van der Waals surface area contributed by atoms with E-state index in [1.807, 2.05) is 6.92 Å². The molecule has 0 N–H and O–H groups in total. The third-order valence-corrected chi connectivity index (χ3v) is 2.66. The van der Waals surface area contributed by atoms with Crippen LogP contribution in [0.3, 0.4) is 0 Å². The molecule has 0 saturated heterocycles. The van der Waals surface area contributed by atoms with Crippen LogP contribution in [0.25, 0.3) is 0 Å². The van der Waals surface area contributed by atoms with Gasteiger partial charge in [-0.25, -0.2) is 8.96 Å². The Labute approximate surface area is 104 Å². The maximum atomic E-state index is 11.8. The molecule has 0 atom stereocenters. The molecular formula is C11H11N3O2S. The summed E-state index contributed by atoms with van der Waals surface area (Å²) in [6, 6.07) is 3.54. The van der Waals surface area contributed by atoms with Crippen molar-refractivity contribution in [1.29, 1.82) is 0 Å². The van der Waals surface area contributed by atoms with Gasteiger partial charge in [-0.2, -0.15) is 0 Å². The molecule has 17 heavy (non-hydrogen) atoms. The fourth-order valence-corrected chi connectivity index (χ4v) is 1.38. The first-order valence-electron chi connectivity index (χ1n) is 4.96. The number of ether oxygens (including phenoxy) is 1. The molecule has 0 radical (unpaired) electrons. The SMILES string of the molecule is Cc1ccc(Oc2cnc(C)n(S)c2=O)cn1. The second-order valence-corrected chi connectivity index (χ2v) is 3.92. The third-order valence-electron chi connectivity index (χ3n) is 2.19. The van der Waals surface area contributed by atoms with Crippen LogP contribution in [0.15, 0.2) is 29.3 Å². The standard InChI is InChI=1S/C11H11N3O2S/c1-7-3-4-9(5-12-7)16-10-6-13-8(2)14(17)11(10)15/h3-6,17H,1-2H3. The smallest absolute Gasteiger partial charge is 0.306 e. The van der Waals surface area contributed by atoms with Crippen LogP contribution >= 0.6 is 12.8 Å². The lowest BCUT2D eigenvalue weighted by atomic mass is 10.4. The summed E-state index contributed by atoms with van der Waals surface area (Å²) in [4.78, 5) is 19.8. The van der Waals surface area contributed by atoms with Gasteiger partial charge in [0.15, 0.2) is 0 Å². The predicted molar refractivity (Wildman–Crippen MR) is 66.7 cm³/mol. The van der Waals surface area contributed by atoms with Gasteiger partial charge in [0.05, 0.1) is 12.4 Å². The van der Waals surface area contributed by atoms with Gasteiger partial charge in [-0.05, 0) is 26.0 Å². The summed E-state index contributed by atoms with van der Waals surface area (Å²) < 4.78 is 6.53. The maximum absolute atomic E-state index is 11.8. The zero-order valence-corrected chi connectivity index (χ0v) is 10.3. The number of rotatable bonds is 2. The monoisotopic (exact) mass is 249 g/mol. The number of aromatic nitrogens is 3. The molecule has 0 aliphatic heterocycles. The minimum Gasteiger partial charge on any atom is -0.448 e. The van der Waals surface area contributed by atoms with Gasteiger partial charge in [-0.1, -0.05) is 12.8 Å². The Morgan fingerprint density at radius 3 is 2.65 bits per heavy atom. The van der Waals surface area contributed by atoms with Crippen molar-refractivity contribution in [3.8, 4) is 11.5 Å². The van der Waals surface area contributed by atoms with E-state index in [0.717, 1.165) is 9.67 Å². The van der Waals surface area contributed by atoms with Crippen LogP contribution in [-0.2, 0) is 0 Å². The topological polar surface area (TPSA) is 57.0 Å². The zero-order valence-electron chi connectivity index (χ0n) is 9.41. The van der Waals surface area contributed by atoms with Crippen LogP contribution < -0.4 is 10.3 Å². The second-order valence-electron chi connectivity index (χ2n) is 3.52. The van der Waals surface area contributed by atoms with E-state index in [0.29, 0.717) is 11.6 Å². The Kier molecular flexibility index (Phi) is 3.14.